The third kappa shape index (κ3) is 10.3. The van der Waals surface area contributed by atoms with Crippen LogP contribution in [0.25, 0.3) is 0 Å². The molecule has 0 aliphatic rings. The summed E-state index contributed by atoms with van der Waals surface area (Å²) < 4.78 is -3.80. The van der Waals surface area contributed by atoms with Crippen molar-refractivity contribution in [3.05, 3.63) is 0 Å². The van der Waals surface area contributed by atoms with E-state index in [9.17, 15) is 0 Å². The average Bonchev–Trinajstić information content (AvgIpc) is 1.43. The Bertz CT molecular complexity index is 145. The number of alkyl halides is 7. The van der Waals surface area contributed by atoms with E-state index in [2.05, 4.69) is 0 Å². The van der Waals surface area contributed by atoms with Crippen LogP contribution < -0.4 is 0 Å². The van der Waals surface area contributed by atoms with E-state index in [1.807, 2.05) is 0 Å². The molecule has 0 spiro atoms. The minimum absolute atomic E-state index is 0.0389. The standard InChI is InChI=1S/C6H7Cl7/c1-4(7,8)2-5(9,10)3-6(11,12)13/h2-3H2,1H3. The van der Waals surface area contributed by atoms with Gasteiger partial charge in [0.1, 0.15) is 8.67 Å². The van der Waals surface area contributed by atoms with Gasteiger partial charge < -0.3 is 0 Å². The van der Waals surface area contributed by atoms with E-state index in [1.54, 1.807) is 6.92 Å². The van der Waals surface area contributed by atoms with Gasteiger partial charge in [-0.25, -0.2) is 0 Å². The first kappa shape index (κ1) is 15.0. The lowest BCUT2D eigenvalue weighted by atomic mass is 10.2. The van der Waals surface area contributed by atoms with E-state index in [0.29, 0.717) is 0 Å². The van der Waals surface area contributed by atoms with Crippen molar-refractivity contribution < 1.29 is 0 Å². The molecule has 13 heavy (non-hydrogen) atoms. The van der Waals surface area contributed by atoms with Gasteiger partial charge in [0.25, 0.3) is 0 Å². The van der Waals surface area contributed by atoms with Gasteiger partial charge in [0, 0.05) is 12.8 Å². The molecule has 0 nitrogen and oxygen atoms in total. The quantitative estimate of drug-likeness (QED) is 0.600. The van der Waals surface area contributed by atoms with Crippen molar-refractivity contribution in [1.29, 1.82) is 0 Å². The molecule has 7 heteroatoms. The van der Waals surface area contributed by atoms with Gasteiger partial charge in [-0.15, -0.1) is 46.4 Å². The minimum atomic E-state index is -1.51. The van der Waals surface area contributed by atoms with E-state index >= 15 is 0 Å². The Balaban J connectivity index is 4.25. The molecule has 0 fully saturated rings. The van der Waals surface area contributed by atoms with Crippen molar-refractivity contribution in [2.45, 2.75) is 32.2 Å². The molecule has 0 unspecified atom stereocenters. The van der Waals surface area contributed by atoms with E-state index in [4.69, 9.17) is 81.2 Å². The molecule has 0 aromatic heterocycles. The first-order valence-corrected chi connectivity index (χ1v) is 5.88. The zero-order valence-corrected chi connectivity index (χ0v) is 11.9. The maximum atomic E-state index is 5.85. The molecule has 0 saturated carbocycles. The van der Waals surface area contributed by atoms with E-state index < -0.39 is 12.5 Å². The SMILES string of the molecule is CC(Cl)(Cl)CC(Cl)(Cl)CC(Cl)(Cl)Cl. The van der Waals surface area contributed by atoms with Gasteiger partial charge in [0.05, 0.1) is 0 Å². The second-order valence-corrected chi connectivity index (χ2v) is 8.91. The summed E-state index contributed by atoms with van der Waals surface area (Å²) in [4.78, 5) is 0. The average molecular weight is 327 g/mol. The smallest absolute Gasteiger partial charge is 0.102 e. The molecule has 0 amide bonds. The molecule has 0 aromatic carbocycles. The van der Waals surface area contributed by atoms with Gasteiger partial charge in [-0.05, 0) is 6.92 Å². The predicted octanol–water partition coefficient (Wildman–Crippen LogP) is 5.50. The van der Waals surface area contributed by atoms with Crippen LogP contribution in [-0.2, 0) is 0 Å². The highest BCUT2D eigenvalue weighted by Gasteiger charge is 2.39. The molecule has 0 aromatic rings. The number of hydrogen-bond acceptors (Lipinski definition) is 0. The molecule has 80 valence electrons. The van der Waals surface area contributed by atoms with Gasteiger partial charge in [0.2, 0.25) is 0 Å². The summed E-state index contributed by atoms with van der Waals surface area (Å²) in [5.74, 6) is 0. The summed E-state index contributed by atoms with van der Waals surface area (Å²) in [6.45, 7) is 1.56. The maximum Gasteiger partial charge on any atom is 0.193 e. The van der Waals surface area contributed by atoms with E-state index in [1.165, 1.54) is 0 Å². The molecular formula is C6H7Cl7. The fraction of sp³-hybridized carbons (Fsp3) is 1.00. The maximum absolute atomic E-state index is 5.85. The Morgan fingerprint density at radius 3 is 1.38 bits per heavy atom. The van der Waals surface area contributed by atoms with Gasteiger partial charge >= 0.3 is 0 Å². The molecule has 0 atom stereocenters. The molecule has 0 aliphatic heterocycles. The Morgan fingerprint density at radius 2 is 1.15 bits per heavy atom. The summed E-state index contributed by atoms with van der Waals surface area (Å²) in [5, 5.41) is 0. The fourth-order valence-corrected chi connectivity index (χ4v) is 3.57. The van der Waals surface area contributed by atoms with Crippen LogP contribution >= 0.6 is 81.2 Å². The lowest BCUT2D eigenvalue weighted by Gasteiger charge is -2.27. The lowest BCUT2D eigenvalue weighted by Crippen LogP contribution is -2.27. The van der Waals surface area contributed by atoms with Crippen LogP contribution in [0.3, 0.4) is 0 Å². The largest absolute Gasteiger partial charge is 0.193 e. The summed E-state index contributed by atoms with van der Waals surface area (Å²) in [7, 11) is 0. The highest BCUT2D eigenvalue weighted by atomic mass is 35.6. The molecule has 0 aliphatic carbocycles. The van der Waals surface area contributed by atoms with Gasteiger partial charge in [-0.1, -0.05) is 34.8 Å². The summed E-state index contributed by atoms with van der Waals surface area (Å²) >= 11 is 39.7. The van der Waals surface area contributed by atoms with E-state index in [0.717, 1.165) is 0 Å². The molecule has 0 rings (SSSR count). The van der Waals surface area contributed by atoms with Gasteiger partial charge in [-0.2, -0.15) is 0 Å². The lowest BCUT2D eigenvalue weighted by molar-refractivity contribution is 0.612. The molecule has 0 radical (unpaired) electrons. The van der Waals surface area contributed by atoms with Crippen LogP contribution in [0.5, 0.6) is 0 Å². The van der Waals surface area contributed by atoms with Crippen molar-refractivity contribution in [3.8, 4) is 0 Å². The van der Waals surface area contributed by atoms with Crippen LogP contribution in [0, 0.1) is 0 Å². The summed E-state index contributed by atoms with van der Waals surface area (Å²) in [6.07, 6.45) is 0.0724. The minimum Gasteiger partial charge on any atom is -0.102 e. The monoisotopic (exact) mass is 324 g/mol. The van der Waals surface area contributed by atoms with Crippen molar-refractivity contribution >= 4 is 81.2 Å². The first-order valence-electron chi connectivity index (χ1n) is 3.24. The molecule has 0 heterocycles. The Kier molecular flexibility index (Phi) is 5.67. The Hall–Kier alpha value is 2.03. The molecule has 0 bridgehead atoms. The second-order valence-electron chi connectivity index (χ2n) is 2.89. The first-order chi connectivity index (χ1) is 5.41. The van der Waals surface area contributed by atoms with E-state index in [-0.39, 0.29) is 12.8 Å². The van der Waals surface area contributed by atoms with Gasteiger partial charge in [-0.3, -0.25) is 0 Å². The van der Waals surface area contributed by atoms with Crippen LogP contribution in [0.15, 0.2) is 0 Å². The summed E-state index contributed by atoms with van der Waals surface area (Å²) in [5.41, 5.74) is 0. The normalized spacial score (nSPS) is 14.8. The summed E-state index contributed by atoms with van der Waals surface area (Å²) in [6, 6.07) is 0. The van der Waals surface area contributed by atoms with Crippen LogP contribution in [0.4, 0.5) is 0 Å². The highest BCUT2D eigenvalue weighted by molar-refractivity contribution is 6.68. The topological polar surface area (TPSA) is 0 Å². The third-order valence-electron chi connectivity index (χ3n) is 1.03. The van der Waals surface area contributed by atoms with Crippen molar-refractivity contribution in [2.75, 3.05) is 0 Å². The van der Waals surface area contributed by atoms with Crippen LogP contribution in [-0.4, -0.2) is 12.5 Å². The number of rotatable bonds is 3. The number of hydrogen-bond donors (Lipinski definition) is 0. The van der Waals surface area contributed by atoms with Gasteiger partial charge in [0.15, 0.2) is 3.79 Å². The zero-order chi connectivity index (χ0) is 10.9. The Labute approximate surface area is 113 Å². The second kappa shape index (κ2) is 4.91. The highest BCUT2D eigenvalue weighted by Crippen LogP contribution is 2.46. The van der Waals surface area contributed by atoms with Crippen molar-refractivity contribution in [1.82, 2.24) is 0 Å². The predicted molar refractivity (Wildman–Crippen MR) is 64.1 cm³/mol. The molecule has 0 N–H and O–H groups in total. The third-order valence-corrected chi connectivity index (χ3v) is 2.23. The van der Waals surface area contributed by atoms with Crippen molar-refractivity contribution in [3.63, 3.8) is 0 Å². The Morgan fingerprint density at radius 1 is 0.769 bits per heavy atom. The fourth-order valence-electron chi connectivity index (χ4n) is 0.810. The number of halogens is 7. The van der Waals surface area contributed by atoms with Crippen molar-refractivity contribution in [2.24, 2.45) is 0 Å². The molecular weight excluding hydrogens is 320 g/mol. The molecule has 0 saturated heterocycles. The zero-order valence-electron chi connectivity index (χ0n) is 6.56. The van der Waals surface area contributed by atoms with Crippen LogP contribution in [0.2, 0.25) is 0 Å². The van der Waals surface area contributed by atoms with Crippen LogP contribution in [0.1, 0.15) is 19.8 Å².